The van der Waals surface area contributed by atoms with Gasteiger partial charge in [0.2, 0.25) is 5.88 Å². The Kier molecular flexibility index (Phi) is 6.18. The molecule has 0 fully saturated rings. The molecule has 0 radical (unpaired) electrons. The molecular formula is C20H23N3O3. The Balaban J connectivity index is 2.60. The van der Waals surface area contributed by atoms with Gasteiger partial charge in [0.15, 0.2) is 0 Å². The fourth-order valence-electron chi connectivity index (χ4n) is 2.64. The summed E-state index contributed by atoms with van der Waals surface area (Å²) in [6.45, 7) is 8.21. The number of aromatic nitrogens is 1. The number of pyridine rings is 1. The Morgan fingerprint density at radius 2 is 2.08 bits per heavy atom. The largest absolute Gasteiger partial charge is 0.494 e. The van der Waals surface area contributed by atoms with Crippen molar-refractivity contribution in [2.24, 2.45) is 10.9 Å². The van der Waals surface area contributed by atoms with Crippen molar-refractivity contribution >= 4 is 11.9 Å². The van der Waals surface area contributed by atoms with Crippen molar-refractivity contribution in [3.05, 3.63) is 51.3 Å². The van der Waals surface area contributed by atoms with Crippen LogP contribution < -0.4 is 10.3 Å². The molecule has 6 heteroatoms. The molecule has 0 spiro atoms. The first-order valence-corrected chi connectivity index (χ1v) is 8.53. The van der Waals surface area contributed by atoms with Gasteiger partial charge >= 0.3 is 0 Å². The van der Waals surface area contributed by atoms with Crippen LogP contribution in [0.5, 0.6) is 11.6 Å². The van der Waals surface area contributed by atoms with Gasteiger partial charge in [-0.25, -0.2) is 0 Å². The third kappa shape index (κ3) is 3.94. The predicted molar refractivity (Wildman–Crippen MR) is 102 cm³/mol. The number of benzene rings is 1. The molecular weight excluding hydrogens is 330 g/mol. The standard InChI is InChI=1S/C20H23N3O3/c1-5-26-18-9-7-6-8-17(18)22-11-16-14(4)15(10-21)19(24)23(20(16)25)12-13(2)3/h6-9,11,13,25H,5,12H2,1-4H3. The summed E-state index contributed by atoms with van der Waals surface area (Å²) < 4.78 is 6.77. The van der Waals surface area contributed by atoms with Crippen molar-refractivity contribution in [2.75, 3.05) is 6.61 Å². The molecule has 2 rings (SSSR count). The number of aliphatic imine (C=N–C) groups is 1. The number of ether oxygens (including phenoxy) is 1. The molecule has 136 valence electrons. The summed E-state index contributed by atoms with van der Waals surface area (Å²) in [5.41, 5.74) is 0.903. The Morgan fingerprint density at radius 1 is 1.38 bits per heavy atom. The molecule has 0 bridgehead atoms. The highest BCUT2D eigenvalue weighted by Crippen LogP contribution is 2.28. The number of nitriles is 1. The highest BCUT2D eigenvalue weighted by atomic mass is 16.5. The highest BCUT2D eigenvalue weighted by Gasteiger charge is 2.18. The van der Waals surface area contributed by atoms with Crippen LogP contribution in [0.2, 0.25) is 0 Å². The summed E-state index contributed by atoms with van der Waals surface area (Å²) in [6.07, 6.45) is 1.47. The van der Waals surface area contributed by atoms with Crippen molar-refractivity contribution in [3.8, 4) is 17.7 Å². The maximum Gasteiger partial charge on any atom is 0.271 e. The Bertz CT molecular complexity index is 921. The highest BCUT2D eigenvalue weighted by molar-refractivity contribution is 5.87. The molecule has 0 amide bonds. The van der Waals surface area contributed by atoms with E-state index >= 15 is 0 Å². The molecule has 0 aliphatic carbocycles. The quantitative estimate of drug-likeness (QED) is 0.805. The third-order valence-corrected chi connectivity index (χ3v) is 3.89. The molecule has 2 aromatic rings. The van der Waals surface area contributed by atoms with Gasteiger partial charge in [-0.1, -0.05) is 26.0 Å². The molecule has 0 saturated carbocycles. The molecule has 1 N–H and O–H groups in total. The van der Waals surface area contributed by atoms with Gasteiger partial charge < -0.3 is 9.84 Å². The van der Waals surface area contributed by atoms with E-state index < -0.39 is 5.56 Å². The first-order valence-electron chi connectivity index (χ1n) is 8.53. The van der Waals surface area contributed by atoms with E-state index in [1.807, 2.05) is 45.0 Å². The van der Waals surface area contributed by atoms with Crippen molar-refractivity contribution in [2.45, 2.75) is 34.2 Å². The van der Waals surface area contributed by atoms with Crippen molar-refractivity contribution in [3.63, 3.8) is 0 Å². The lowest BCUT2D eigenvalue weighted by Gasteiger charge is -2.15. The van der Waals surface area contributed by atoms with Gasteiger partial charge in [0.05, 0.1) is 12.2 Å². The van der Waals surface area contributed by atoms with Gasteiger partial charge in [-0.15, -0.1) is 0 Å². The van der Waals surface area contributed by atoms with Gasteiger partial charge in [-0.3, -0.25) is 14.4 Å². The van der Waals surface area contributed by atoms with Crippen LogP contribution in [0.15, 0.2) is 34.1 Å². The zero-order valence-corrected chi connectivity index (χ0v) is 15.5. The van der Waals surface area contributed by atoms with E-state index in [9.17, 15) is 15.2 Å². The maximum atomic E-state index is 12.5. The molecule has 0 unspecified atom stereocenters. The number of hydrogen-bond donors (Lipinski definition) is 1. The summed E-state index contributed by atoms with van der Waals surface area (Å²) in [7, 11) is 0. The molecule has 0 aliphatic heterocycles. The lowest BCUT2D eigenvalue weighted by atomic mass is 10.1. The van der Waals surface area contributed by atoms with Crippen LogP contribution in [-0.4, -0.2) is 22.5 Å². The van der Waals surface area contributed by atoms with Gasteiger partial charge in [-0.05, 0) is 37.5 Å². The number of rotatable bonds is 6. The molecule has 1 aromatic heterocycles. The molecule has 1 aromatic carbocycles. The molecule has 0 aliphatic rings. The van der Waals surface area contributed by atoms with Crippen LogP contribution in [0.1, 0.15) is 37.5 Å². The van der Waals surface area contributed by atoms with Gasteiger partial charge in [0.25, 0.3) is 5.56 Å². The van der Waals surface area contributed by atoms with Gasteiger partial charge in [-0.2, -0.15) is 5.26 Å². The van der Waals surface area contributed by atoms with Gasteiger partial charge in [0, 0.05) is 12.8 Å². The molecule has 6 nitrogen and oxygen atoms in total. The smallest absolute Gasteiger partial charge is 0.271 e. The van der Waals surface area contributed by atoms with E-state index in [0.29, 0.717) is 35.7 Å². The van der Waals surface area contributed by atoms with Crippen LogP contribution >= 0.6 is 0 Å². The fraction of sp³-hybridized carbons (Fsp3) is 0.350. The average molecular weight is 353 g/mol. The van der Waals surface area contributed by atoms with E-state index in [1.165, 1.54) is 10.8 Å². The zero-order chi connectivity index (χ0) is 19.3. The second kappa shape index (κ2) is 8.34. The topological polar surface area (TPSA) is 87.6 Å². The second-order valence-corrected chi connectivity index (χ2v) is 6.32. The van der Waals surface area contributed by atoms with E-state index in [2.05, 4.69) is 4.99 Å². The van der Waals surface area contributed by atoms with E-state index in [1.54, 1.807) is 13.0 Å². The lowest BCUT2D eigenvalue weighted by molar-refractivity contribution is 0.341. The van der Waals surface area contributed by atoms with E-state index in [4.69, 9.17) is 4.74 Å². The molecule has 26 heavy (non-hydrogen) atoms. The van der Waals surface area contributed by atoms with E-state index in [-0.39, 0.29) is 17.4 Å². The van der Waals surface area contributed by atoms with Crippen LogP contribution in [0.25, 0.3) is 0 Å². The first-order chi connectivity index (χ1) is 12.4. The van der Waals surface area contributed by atoms with E-state index in [0.717, 1.165) is 0 Å². The Labute approximate surface area is 153 Å². The maximum absolute atomic E-state index is 12.5. The van der Waals surface area contributed by atoms with Crippen LogP contribution in [0, 0.1) is 24.2 Å². The SMILES string of the molecule is CCOc1ccccc1N=Cc1c(C)c(C#N)c(=O)n(CC(C)C)c1O. The molecule has 1 heterocycles. The number of aromatic hydroxyl groups is 1. The number of hydrogen-bond acceptors (Lipinski definition) is 5. The van der Waals surface area contributed by atoms with Crippen LogP contribution in [0.3, 0.4) is 0 Å². The minimum absolute atomic E-state index is 0.0167. The predicted octanol–water partition coefficient (Wildman–Crippen LogP) is 3.54. The average Bonchev–Trinajstić information content (AvgIpc) is 2.60. The number of para-hydroxylation sites is 2. The minimum Gasteiger partial charge on any atom is -0.494 e. The summed E-state index contributed by atoms with van der Waals surface area (Å²) in [4.78, 5) is 16.9. The second-order valence-electron chi connectivity index (χ2n) is 6.32. The lowest BCUT2D eigenvalue weighted by Crippen LogP contribution is -2.27. The van der Waals surface area contributed by atoms with Gasteiger partial charge in [0.1, 0.15) is 23.1 Å². The Morgan fingerprint density at radius 3 is 2.69 bits per heavy atom. The van der Waals surface area contributed by atoms with Crippen molar-refractivity contribution < 1.29 is 9.84 Å². The first kappa shape index (κ1) is 19.3. The monoisotopic (exact) mass is 353 g/mol. The van der Waals surface area contributed by atoms with Crippen molar-refractivity contribution in [1.29, 1.82) is 5.26 Å². The van der Waals surface area contributed by atoms with Crippen LogP contribution in [0.4, 0.5) is 5.69 Å². The normalized spacial score (nSPS) is 11.1. The molecule has 0 saturated heterocycles. The summed E-state index contributed by atoms with van der Waals surface area (Å²) in [5, 5.41) is 20.0. The number of nitrogens with zero attached hydrogens (tertiary/aromatic N) is 3. The summed E-state index contributed by atoms with van der Waals surface area (Å²) in [6, 6.07) is 9.23. The minimum atomic E-state index is -0.483. The third-order valence-electron chi connectivity index (χ3n) is 3.89. The summed E-state index contributed by atoms with van der Waals surface area (Å²) in [5.74, 6) is 0.577. The molecule has 0 atom stereocenters. The fourth-order valence-corrected chi connectivity index (χ4v) is 2.64. The Hall–Kier alpha value is -3.07. The van der Waals surface area contributed by atoms with Crippen LogP contribution in [-0.2, 0) is 6.54 Å². The summed E-state index contributed by atoms with van der Waals surface area (Å²) >= 11 is 0. The van der Waals surface area contributed by atoms with Crippen molar-refractivity contribution in [1.82, 2.24) is 4.57 Å². The zero-order valence-electron chi connectivity index (χ0n) is 15.5.